The number of carbonyl (C=O) groups is 1. The first-order valence-electron chi connectivity index (χ1n) is 7.95. The van der Waals surface area contributed by atoms with Gasteiger partial charge in [-0.25, -0.2) is 0 Å². The van der Waals surface area contributed by atoms with Gasteiger partial charge in [0.2, 0.25) is 0 Å². The summed E-state index contributed by atoms with van der Waals surface area (Å²) in [7, 11) is 0. The van der Waals surface area contributed by atoms with Crippen molar-refractivity contribution in [3.63, 3.8) is 0 Å². The Hall–Kier alpha value is -2.56. The van der Waals surface area contributed by atoms with E-state index in [4.69, 9.17) is 0 Å². The molecule has 1 amide bonds. The molecule has 1 aromatic carbocycles. The van der Waals surface area contributed by atoms with Crippen LogP contribution in [0.25, 0.3) is 0 Å². The van der Waals surface area contributed by atoms with Crippen LogP contribution in [-0.2, 0) is 0 Å². The van der Waals surface area contributed by atoms with Crippen LogP contribution in [0.2, 0.25) is 0 Å². The molecule has 0 radical (unpaired) electrons. The number of hydrogen-bond acceptors (Lipinski definition) is 3. The van der Waals surface area contributed by atoms with Crippen LogP contribution in [0.4, 0.5) is 5.69 Å². The number of rotatable bonds is 3. The molecular formula is C18H21N3O2. The quantitative estimate of drug-likeness (QED) is 0.699. The molecule has 0 saturated carbocycles. The van der Waals surface area contributed by atoms with E-state index in [1.54, 1.807) is 23.1 Å². The van der Waals surface area contributed by atoms with E-state index in [2.05, 4.69) is 24.4 Å². The van der Waals surface area contributed by atoms with E-state index >= 15 is 0 Å². The molecular weight excluding hydrogens is 290 g/mol. The van der Waals surface area contributed by atoms with E-state index in [9.17, 15) is 10.0 Å². The Morgan fingerprint density at radius 3 is 2.57 bits per heavy atom. The number of aryl methyl sites for hydroxylation is 1. The van der Waals surface area contributed by atoms with Crippen LogP contribution in [0.15, 0.2) is 48.7 Å². The fourth-order valence-electron chi connectivity index (χ4n) is 2.94. The predicted octanol–water partition coefficient (Wildman–Crippen LogP) is 2.35. The van der Waals surface area contributed by atoms with Crippen LogP contribution in [0.1, 0.15) is 28.9 Å². The average Bonchev–Trinajstić information content (AvgIpc) is 2.57. The summed E-state index contributed by atoms with van der Waals surface area (Å²) in [5.74, 6) is -0.185. The van der Waals surface area contributed by atoms with Crippen molar-refractivity contribution in [3.05, 3.63) is 65.1 Å². The largest absolute Gasteiger partial charge is 0.618 e. The molecule has 1 fully saturated rings. The monoisotopic (exact) mass is 311 g/mol. The molecule has 1 N–H and O–H groups in total. The van der Waals surface area contributed by atoms with Crippen molar-refractivity contribution in [1.29, 1.82) is 0 Å². The van der Waals surface area contributed by atoms with Crippen LogP contribution in [0, 0.1) is 12.1 Å². The molecule has 1 aliphatic heterocycles. The lowest BCUT2D eigenvalue weighted by atomic mass is 10.0. The number of likely N-dealkylation sites (tertiary alicyclic amines) is 1. The second-order valence-electron chi connectivity index (χ2n) is 5.94. The number of amides is 1. The molecule has 0 atom stereocenters. The van der Waals surface area contributed by atoms with Crippen LogP contribution < -0.4 is 10.0 Å². The van der Waals surface area contributed by atoms with E-state index in [0.29, 0.717) is 23.9 Å². The van der Waals surface area contributed by atoms with Gasteiger partial charge in [-0.2, -0.15) is 4.73 Å². The van der Waals surface area contributed by atoms with Crippen LogP contribution in [0.5, 0.6) is 0 Å². The van der Waals surface area contributed by atoms with Gasteiger partial charge in [-0.15, -0.1) is 0 Å². The summed E-state index contributed by atoms with van der Waals surface area (Å²) in [5, 5.41) is 15.3. The lowest BCUT2D eigenvalue weighted by molar-refractivity contribution is -0.608. The van der Waals surface area contributed by atoms with Gasteiger partial charge in [-0.1, -0.05) is 18.2 Å². The third-order valence-electron chi connectivity index (χ3n) is 4.33. The van der Waals surface area contributed by atoms with Crippen molar-refractivity contribution < 1.29 is 9.52 Å². The molecule has 0 bridgehead atoms. The summed E-state index contributed by atoms with van der Waals surface area (Å²) >= 11 is 0. The normalized spacial score (nSPS) is 15.4. The first kappa shape index (κ1) is 15.3. The minimum atomic E-state index is -0.185. The van der Waals surface area contributed by atoms with Gasteiger partial charge >= 0.3 is 5.91 Å². The van der Waals surface area contributed by atoms with E-state index in [1.165, 1.54) is 11.8 Å². The average molecular weight is 311 g/mol. The fourth-order valence-corrected chi connectivity index (χ4v) is 2.94. The minimum absolute atomic E-state index is 0.185. The van der Waals surface area contributed by atoms with Crippen LogP contribution in [0.3, 0.4) is 0 Å². The predicted molar refractivity (Wildman–Crippen MR) is 89.1 cm³/mol. The summed E-state index contributed by atoms with van der Waals surface area (Å²) in [6.45, 7) is 3.41. The second-order valence-corrected chi connectivity index (χ2v) is 5.94. The molecule has 3 rings (SSSR count). The number of nitrogens with one attached hydrogen (secondary N) is 1. The van der Waals surface area contributed by atoms with E-state index in [-0.39, 0.29) is 11.6 Å². The van der Waals surface area contributed by atoms with Gasteiger partial charge in [-0.3, -0.25) is 4.79 Å². The summed E-state index contributed by atoms with van der Waals surface area (Å²) in [4.78, 5) is 14.2. The number of piperidine rings is 1. The van der Waals surface area contributed by atoms with Crippen molar-refractivity contribution in [3.8, 4) is 0 Å². The number of benzene rings is 1. The maximum absolute atomic E-state index is 12.4. The number of para-hydroxylation sites is 1. The maximum Gasteiger partial charge on any atom is 0.319 e. The summed E-state index contributed by atoms with van der Waals surface area (Å²) < 4.78 is 0.639. The smallest absolute Gasteiger partial charge is 0.319 e. The Labute approximate surface area is 136 Å². The van der Waals surface area contributed by atoms with Gasteiger partial charge in [0.1, 0.15) is 0 Å². The number of aromatic nitrogens is 1. The SMILES string of the molecule is Cc1ccccc1NC1CCN(C(=O)c2cccc[n+]2[O-])CC1. The summed E-state index contributed by atoms with van der Waals surface area (Å²) in [6, 6.07) is 13.5. The number of pyridine rings is 1. The molecule has 1 saturated heterocycles. The van der Waals surface area contributed by atoms with Crippen molar-refractivity contribution in [2.45, 2.75) is 25.8 Å². The lowest BCUT2D eigenvalue weighted by Gasteiger charge is -2.32. The third kappa shape index (κ3) is 3.44. The second kappa shape index (κ2) is 6.69. The highest BCUT2D eigenvalue weighted by atomic mass is 16.5. The zero-order chi connectivity index (χ0) is 16.2. The highest BCUT2D eigenvalue weighted by Gasteiger charge is 2.27. The molecule has 1 aromatic heterocycles. The molecule has 0 unspecified atom stereocenters. The minimum Gasteiger partial charge on any atom is -0.618 e. The van der Waals surface area contributed by atoms with Gasteiger partial charge in [0.15, 0.2) is 6.20 Å². The number of anilines is 1. The zero-order valence-electron chi connectivity index (χ0n) is 13.2. The Kier molecular flexibility index (Phi) is 4.46. The molecule has 5 nitrogen and oxygen atoms in total. The summed E-state index contributed by atoms with van der Waals surface area (Å²) in [6.07, 6.45) is 3.12. The standard InChI is InChI=1S/C18H21N3O2/c1-14-6-2-3-7-16(14)19-15-9-12-20(13-10-15)18(22)17-8-4-5-11-21(17)23/h2-8,11,15,19H,9-10,12-13H2,1H3. The topological polar surface area (TPSA) is 59.3 Å². The Balaban J connectivity index is 1.59. The number of nitrogens with zero attached hydrogens (tertiary/aromatic N) is 2. The van der Waals surface area contributed by atoms with Crippen molar-refractivity contribution in [2.24, 2.45) is 0 Å². The molecule has 1 aliphatic rings. The summed E-state index contributed by atoms with van der Waals surface area (Å²) in [5.41, 5.74) is 2.57. The Morgan fingerprint density at radius 1 is 1.17 bits per heavy atom. The fraction of sp³-hybridized carbons (Fsp3) is 0.333. The van der Waals surface area contributed by atoms with Gasteiger partial charge in [0, 0.05) is 37.0 Å². The zero-order valence-corrected chi connectivity index (χ0v) is 13.2. The van der Waals surface area contributed by atoms with Crippen LogP contribution >= 0.6 is 0 Å². The third-order valence-corrected chi connectivity index (χ3v) is 4.33. The highest BCUT2D eigenvalue weighted by Crippen LogP contribution is 2.20. The molecule has 2 aromatic rings. The molecule has 5 heteroatoms. The first-order valence-corrected chi connectivity index (χ1v) is 7.95. The molecule has 0 aliphatic carbocycles. The van der Waals surface area contributed by atoms with Gasteiger partial charge in [0.25, 0.3) is 5.69 Å². The number of hydrogen-bond donors (Lipinski definition) is 1. The van der Waals surface area contributed by atoms with Crippen molar-refractivity contribution in [1.82, 2.24) is 4.90 Å². The lowest BCUT2D eigenvalue weighted by Crippen LogP contribution is -2.46. The van der Waals surface area contributed by atoms with Crippen LogP contribution in [-0.4, -0.2) is 29.9 Å². The van der Waals surface area contributed by atoms with Gasteiger partial charge in [0.05, 0.1) is 0 Å². The van der Waals surface area contributed by atoms with E-state index in [1.807, 2.05) is 12.1 Å². The van der Waals surface area contributed by atoms with E-state index < -0.39 is 0 Å². The highest BCUT2D eigenvalue weighted by molar-refractivity contribution is 5.91. The molecule has 2 heterocycles. The van der Waals surface area contributed by atoms with Crippen molar-refractivity contribution in [2.75, 3.05) is 18.4 Å². The maximum atomic E-state index is 12.4. The van der Waals surface area contributed by atoms with Gasteiger partial charge < -0.3 is 15.4 Å². The van der Waals surface area contributed by atoms with Gasteiger partial charge in [-0.05, 0) is 37.5 Å². The number of carbonyl (C=O) groups excluding carboxylic acids is 1. The Morgan fingerprint density at radius 2 is 1.87 bits per heavy atom. The molecule has 120 valence electrons. The molecule has 0 spiro atoms. The first-order chi connectivity index (χ1) is 11.1. The van der Waals surface area contributed by atoms with E-state index in [0.717, 1.165) is 18.5 Å². The van der Waals surface area contributed by atoms with Crippen molar-refractivity contribution >= 4 is 11.6 Å². The Bertz CT molecular complexity index is 694. The molecule has 23 heavy (non-hydrogen) atoms.